The summed E-state index contributed by atoms with van der Waals surface area (Å²) in [6.45, 7) is 10.1. The number of likely N-dealkylation sites (tertiary alicyclic amines) is 1. The number of piperidine rings is 2. The highest BCUT2D eigenvalue weighted by Crippen LogP contribution is 2.32. The zero-order valence-corrected chi connectivity index (χ0v) is 17.2. The van der Waals surface area contributed by atoms with E-state index in [2.05, 4.69) is 23.6 Å². The number of amides is 2. The number of methoxy groups -OCH3 is 1. The van der Waals surface area contributed by atoms with E-state index in [9.17, 15) is 9.59 Å². The predicted octanol–water partition coefficient (Wildman–Crippen LogP) is 1.95. The SMILES string of the molecule is COC(=O)N1C2COCC1CC(N1CCC(N(CC(C)C)C(C)=O)CC1)C2. The zero-order valence-electron chi connectivity index (χ0n) is 17.2. The second kappa shape index (κ2) is 8.78. The van der Waals surface area contributed by atoms with Gasteiger partial charge in [-0.1, -0.05) is 13.8 Å². The largest absolute Gasteiger partial charge is 0.453 e. The number of carbonyl (C=O) groups is 2. The number of morpholine rings is 1. The molecule has 27 heavy (non-hydrogen) atoms. The number of fused-ring (bicyclic) bond motifs is 2. The van der Waals surface area contributed by atoms with Crippen LogP contribution in [0.1, 0.15) is 46.5 Å². The zero-order chi connectivity index (χ0) is 19.6. The first-order valence-corrected chi connectivity index (χ1v) is 10.4. The molecular formula is C20H35N3O4. The van der Waals surface area contributed by atoms with Crippen molar-refractivity contribution in [2.75, 3.05) is 40.0 Å². The fraction of sp³-hybridized carbons (Fsp3) is 0.900. The molecule has 0 aliphatic carbocycles. The van der Waals surface area contributed by atoms with Gasteiger partial charge in [0, 0.05) is 38.6 Å². The average Bonchev–Trinajstić information content (AvgIpc) is 2.64. The molecule has 3 aliphatic heterocycles. The molecule has 154 valence electrons. The molecule has 3 saturated heterocycles. The van der Waals surface area contributed by atoms with Crippen LogP contribution >= 0.6 is 0 Å². The smallest absolute Gasteiger partial charge is 0.410 e. The van der Waals surface area contributed by atoms with E-state index >= 15 is 0 Å². The Morgan fingerprint density at radius 3 is 2.19 bits per heavy atom. The van der Waals surface area contributed by atoms with Crippen LogP contribution in [0.5, 0.6) is 0 Å². The Hall–Kier alpha value is -1.34. The van der Waals surface area contributed by atoms with Gasteiger partial charge in [-0.3, -0.25) is 9.69 Å². The van der Waals surface area contributed by atoms with Gasteiger partial charge in [-0.2, -0.15) is 0 Å². The molecule has 0 aromatic carbocycles. The van der Waals surface area contributed by atoms with Gasteiger partial charge < -0.3 is 19.3 Å². The van der Waals surface area contributed by atoms with Crippen molar-refractivity contribution in [3.8, 4) is 0 Å². The molecule has 2 unspecified atom stereocenters. The van der Waals surface area contributed by atoms with E-state index in [1.807, 2.05) is 4.90 Å². The van der Waals surface area contributed by atoms with Gasteiger partial charge in [0.2, 0.25) is 5.91 Å². The maximum atomic E-state index is 12.1. The van der Waals surface area contributed by atoms with Crippen molar-refractivity contribution in [1.29, 1.82) is 0 Å². The summed E-state index contributed by atoms with van der Waals surface area (Å²) in [5.74, 6) is 0.689. The van der Waals surface area contributed by atoms with Crippen molar-refractivity contribution in [1.82, 2.24) is 14.7 Å². The molecule has 0 aromatic rings. The minimum atomic E-state index is -0.226. The van der Waals surface area contributed by atoms with Crippen LogP contribution in [0.2, 0.25) is 0 Å². The number of hydrogen-bond acceptors (Lipinski definition) is 5. The lowest BCUT2D eigenvalue weighted by Gasteiger charge is -2.51. The van der Waals surface area contributed by atoms with Gasteiger partial charge in [0.05, 0.1) is 32.4 Å². The highest BCUT2D eigenvalue weighted by Gasteiger charge is 2.44. The fourth-order valence-corrected chi connectivity index (χ4v) is 5.08. The third kappa shape index (κ3) is 4.57. The monoisotopic (exact) mass is 381 g/mol. The summed E-state index contributed by atoms with van der Waals surface area (Å²) in [5.41, 5.74) is 0. The van der Waals surface area contributed by atoms with Crippen LogP contribution in [-0.4, -0.2) is 90.8 Å². The Morgan fingerprint density at radius 1 is 1.11 bits per heavy atom. The standard InChI is InChI=1S/C20H35N3O4/c1-14(2)11-22(15(3)24)16-5-7-21(8-6-16)17-9-18-12-27-13-19(10-17)23(18)20(25)26-4/h14,16-19H,5-13H2,1-4H3. The Bertz CT molecular complexity index is 519. The minimum Gasteiger partial charge on any atom is -0.453 e. The van der Waals surface area contributed by atoms with E-state index in [0.717, 1.165) is 45.3 Å². The highest BCUT2D eigenvalue weighted by molar-refractivity contribution is 5.73. The van der Waals surface area contributed by atoms with E-state index in [1.165, 1.54) is 7.11 Å². The van der Waals surface area contributed by atoms with Gasteiger partial charge in [-0.25, -0.2) is 4.79 Å². The average molecular weight is 382 g/mol. The molecule has 0 N–H and O–H groups in total. The summed E-state index contributed by atoms with van der Waals surface area (Å²) in [4.78, 5) is 30.7. The lowest BCUT2D eigenvalue weighted by molar-refractivity contribution is -0.133. The third-order valence-electron chi connectivity index (χ3n) is 6.30. The van der Waals surface area contributed by atoms with Crippen molar-refractivity contribution in [3.05, 3.63) is 0 Å². The molecule has 0 saturated carbocycles. The molecule has 3 fully saturated rings. The Balaban J connectivity index is 1.57. The van der Waals surface area contributed by atoms with Crippen LogP contribution in [0.3, 0.4) is 0 Å². The van der Waals surface area contributed by atoms with Crippen LogP contribution in [0, 0.1) is 5.92 Å². The normalized spacial score (nSPS) is 29.7. The quantitative estimate of drug-likeness (QED) is 0.745. The number of carbonyl (C=O) groups excluding carboxylic acids is 2. The maximum absolute atomic E-state index is 12.1. The number of hydrogen-bond donors (Lipinski definition) is 0. The van der Waals surface area contributed by atoms with E-state index < -0.39 is 0 Å². The summed E-state index contributed by atoms with van der Waals surface area (Å²) >= 11 is 0. The Morgan fingerprint density at radius 2 is 1.70 bits per heavy atom. The lowest BCUT2D eigenvalue weighted by Crippen LogP contribution is -2.63. The molecule has 7 nitrogen and oxygen atoms in total. The molecule has 3 heterocycles. The second-order valence-electron chi connectivity index (χ2n) is 8.68. The van der Waals surface area contributed by atoms with Crippen molar-refractivity contribution < 1.29 is 19.1 Å². The molecule has 2 atom stereocenters. The van der Waals surface area contributed by atoms with Gasteiger partial charge in [0.1, 0.15) is 0 Å². The van der Waals surface area contributed by atoms with E-state index in [-0.39, 0.29) is 24.1 Å². The molecule has 3 aliphatic rings. The van der Waals surface area contributed by atoms with Crippen LogP contribution in [0.15, 0.2) is 0 Å². The predicted molar refractivity (Wildman–Crippen MR) is 102 cm³/mol. The summed E-state index contributed by atoms with van der Waals surface area (Å²) in [6.07, 6.45) is 3.73. The molecule has 0 aromatic heterocycles. The summed E-state index contributed by atoms with van der Waals surface area (Å²) in [5, 5.41) is 0. The van der Waals surface area contributed by atoms with Crippen LogP contribution in [-0.2, 0) is 14.3 Å². The summed E-state index contributed by atoms with van der Waals surface area (Å²) < 4.78 is 10.7. The maximum Gasteiger partial charge on any atom is 0.410 e. The third-order valence-corrected chi connectivity index (χ3v) is 6.30. The summed E-state index contributed by atoms with van der Waals surface area (Å²) in [7, 11) is 1.45. The second-order valence-corrected chi connectivity index (χ2v) is 8.68. The first-order chi connectivity index (χ1) is 12.9. The van der Waals surface area contributed by atoms with Crippen molar-refractivity contribution in [2.24, 2.45) is 5.92 Å². The van der Waals surface area contributed by atoms with Crippen LogP contribution in [0.25, 0.3) is 0 Å². The Labute approximate surface area is 162 Å². The van der Waals surface area contributed by atoms with Crippen molar-refractivity contribution in [2.45, 2.75) is 70.6 Å². The van der Waals surface area contributed by atoms with Crippen LogP contribution < -0.4 is 0 Å². The molecule has 7 heteroatoms. The number of nitrogens with zero attached hydrogens (tertiary/aromatic N) is 3. The molecule has 0 spiro atoms. The molecule has 0 radical (unpaired) electrons. The van der Waals surface area contributed by atoms with Gasteiger partial charge >= 0.3 is 6.09 Å². The molecule has 3 rings (SSSR count). The lowest BCUT2D eigenvalue weighted by atomic mass is 9.88. The van der Waals surface area contributed by atoms with Crippen LogP contribution in [0.4, 0.5) is 4.79 Å². The summed E-state index contributed by atoms with van der Waals surface area (Å²) in [6, 6.07) is 1.07. The highest BCUT2D eigenvalue weighted by atomic mass is 16.5. The van der Waals surface area contributed by atoms with Gasteiger partial charge in [-0.05, 0) is 31.6 Å². The van der Waals surface area contributed by atoms with E-state index in [1.54, 1.807) is 6.92 Å². The molecular weight excluding hydrogens is 346 g/mol. The van der Waals surface area contributed by atoms with Crippen molar-refractivity contribution in [3.63, 3.8) is 0 Å². The van der Waals surface area contributed by atoms with Gasteiger partial charge in [0.15, 0.2) is 0 Å². The topological polar surface area (TPSA) is 62.3 Å². The van der Waals surface area contributed by atoms with Gasteiger partial charge in [0.25, 0.3) is 0 Å². The number of rotatable bonds is 4. The fourth-order valence-electron chi connectivity index (χ4n) is 5.08. The van der Waals surface area contributed by atoms with Crippen molar-refractivity contribution >= 4 is 12.0 Å². The van der Waals surface area contributed by atoms with E-state index in [0.29, 0.717) is 31.2 Å². The van der Waals surface area contributed by atoms with Gasteiger partial charge in [-0.15, -0.1) is 0 Å². The Kier molecular flexibility index (Phi) is 6.63. The molecule has 2 amide bonds. The minimum absolute atomic E-state index is 0.113. The first kappa shape index (κ1) is 20.4. The first-order valence-electron chi connectivity index (χ1n) is 10.4. The van der Waals surface area contributed by atoms with E-state index in [4.69, 9.17) is 9.47 Å². The number of ether oxygens (including phenoxy) is 2. The molecule has 2 bridgehead atoms.